The average Bonchev–Trinajstić information content (AvgIpc) is 3.19. The van der Waals surface area contributed by atoms with Crippen molar-refractivity contribution in [1.82, 2.24) is 14.9 Å². The zero-order chi connectivity index (χ0) is 16.1. The topological polar surface area (TPSA) is 56.2 Å². The Bertz CT molecular complexity index is 992. The van der Waals surface area contributed by atoms with Gasteiger partial charge in [0.25, 0.3) is 5.56 Å². The van der Waals surface area contributed by atoms with Crippen LogP contribution in [-0.2, 0) is 19.5 Å². The van der Waals surface area contributed by atoms with Crippen LogP contribution in [0.25, 0.3) is 10.2 Å². The van der Waals surface area contributed by atoms with Gasteiger partial charge in [-0.2, -0.15) is 0 Å². The molecule has 0 saturated heterocycles. The van der Waals surface area contributed by atoms with Gasteiger partial charge in [0.1, 0.15) is 10.6 Å². The summed E-state index contributed by atoms with van der Waals surface area (Å²) in [4.78, 5) is 19.7. The summed E-state index contributed by atoms with van der Waals surface area (Å²) in [6, 6.07) is 8.07. The van der Waals surface area contributed by atoms with Crippen LogP contribution in [0.3, 0.4) is 0 Å². The minimum Gasteiger partial charge on any atom is -0.493 e. The molecule has 2 aliphatic heterocycles. The van der Waals surface area contributed by atoms with Crippen LogP contribution in [0.15, 0.2) is 35.4 Å². The van der Waals surface area contributed by atoms with E-state index in [2.05, 4.69) is 16.4 Å². The highest BCUT2D eigenvalue weighted by Gasteiger charge is 2.25. The Labute approximate surface area is 142 Å². The van der Waals surface area contributed by atoms with Gasteiger partial charge in [0.2, 0.25) is 0 Å². The van der Waals surface area contributed by atoms with E-state index in [1.165, 1.54) is 16.0 Å². The predicted octanol–water partition coefficient (Wildman–Crippen LogP) is 2.28. The van der Waals surface area contributed by atoms with E-state index in [1.54, 1.807) is 22.2 Å². The molecule has 4 heterocycles. The van der Waals surface area contributed by atoms with Crippen molar-refractivity contribution in [3.8, 4) is 5.75 Å². The molecule has 1 unspecified atom stereocenters. The van der Waals surface area contributed by atoms with Crippen molar-refractivity contribution in [2.45, 2.75) is 25.4 Å². The summed E-state index contributed by atoms with van der Waals surface area (Å²) < 4.78 is 7.50. The molecule has 0 amide bonds. The maximum atomic E-state index is 13.0. The second-order valence-corrected chi connectivity index (χ2v) is 7.44. The molecule has 5 nitrogen and oxygen atoms in total. The molecule has 2 aliphatic rings. The molecule has 1 aromatic carbocycles. The van der Waals surface area contributed by atoms with Gasteiger partial charge in [-0.15, -0.1) is 11.3 Å². The van der Waals surface area contributed by atoms with Crippen LogP contribution in [0.4, 0.5) is 0 Å². The van der Waals surface area contributed by atoms with E-state index in [0.717, 1.165) is 35.5 Å². The molecule has 1 N–H and O–H groups in total. The maximum Gasteiger partial charge on any atom is 0.262 e. The third-order valence-electron chi connectivity index (χ3n) is 4.91. The van der Waals surface area contributed by atoms with Gasteiger partial charge in [-0.1, -0.05) is 18.2 Å². The van der Waals surface area contributed by atoms with Crippen molar-refractivity contribution in [3.05, 3.63) is 57.0 Å². The van der Waals surface area contributed by atoms with E-state index >= 15 is 0 Å². The lowest BCUT2D eigenvalue weighted by molar-refractivity contribution is 0.317. The van der Waals surface area contributed by atoms with Crippen molar-refractivity contribution in [3.63, 3.8) is 0 Å². The number of aromatic nitrogens is 2. The monoisotopic (exact) mass is 339 g/mol. The molecule has 1 atom stereocenters. The number of nitrogens with zero attached hydrogens (tertiary/aromatic N) is 2. The Kier molecular flexibility index (Phi) is 3.21. The van der Waals surface area contributed by atoms with E-state index in [4.69, 9.17) is 4.74 Å². The minimum absolute atomic E-state index is 0.0868. The number of hydrogen-bond acceptors (Lipinski definition) is 5. The van der Waals surface area contributed by atoms with Gasteiger partial charge in [-0.05, 0) is 24.6 Å². The molecule has 0 spiro atoms. The Morgan fingerprint density at radius 1 is 1.38 bits per heavy atom. The molecule has 5 rings (SSSR count). The normalized spacial score (nSPS) is 19.1. The number of nitrogens with one attached hydrogen (secondary N) is 1. The van der Waals surface area contributed by atoms with Crippen LogP contribution < -0.4 is 15.6 Å². The Balaban J connectivity index is 1.56. The number of hydrogen-bond donors (Lipinski definition) is 1. The fourth-order valence-electron chi connectivity index (χ4n) is 3.70. The third kappa shape index (κ3) is 2.10. The summed E-state index contributed by atoms with van der Waals surface area (Å²) in [6.45, 7) is 3.01. The van der Waals surface area contributed by atoms with Crippen LogP contribution in [0.5, 0.6) is 5.75 Å². The molecule has 0 fully saturated rings. The quantitative estimate of drug-likeness (QED) is 0.778. The van der Waals surface area contributed by atoms with Gasteiger partial charge >= 0.3 is 0 Å². The average molecular weight is 339 g/mol. The molecule has 6 heteroatoms. The zero-order valence-electron chi connectivity index (χ0n) is 13.1. The standard InChI is InChI=1S/C18H17N3O2S/c22-18-16-13-5-6-19-7-15(13)24-17(16)20-10-21(18)8-11-9-23-14-4-2-1-3-12(11)14/h1-4,10-11,19H,5-9H2. The maximum absolute atomic E-state index is 13.0. The highest BCUT2D eigenvalue weighted by molar-refractivity contribution is 7.18. The third-order valence-corrected chi connectivity index (χ3v) is 6.05. The fourth-order valence-corrected chi connectivity index (χ4v) is 4.85. The van der Waals surface area contributed by atoms with Gasteiger partial charge in [-0.25, -0.2) is 4.98 Å². The van der Waals surface area contributed by atoms with Crippen LogP contribution >= 0.6 is 11.3 Å². The van der Waals surface area contributed by atoms with Crippen molar-refractivity contribution in [2.75, 3.05) is 13.2 Å². The van der Waals surface area contributed by atoms with Crippen molar-refractivity contribution >= 4 is 21.6 Å². The van der Waals surface area contributed by atoms with Crippen LogP contribution in [0.1, 0.15) is 21.9 Å². The van der Waals surface area contributed by atoms with E-state index in [1.807, 2.05) is 18.2 Å². The lowest BCUT2D eigenvalue weighted by Gasteiger charge is -2.13. The molecule has 0 saturated carbocycles. The van der Waals surface area contributed by atoms with Gasteiger partial charge in [0, 0.05) is 29.4 Å². The van der Waals surface area contributed by atoms with Crippen LogP contribution in [0, 0.1) is 0 Å². The second kappa shape index (κ2) is 5.43. The molecular weight excluding hydrogens is 322 g/mol. The number of rotatable bonds is 2. The van der Waals surface area contributed by atoms with Gasteiger partial charge in [0.05, 0.1) is 18.3 Å². The lowest BCUT2D eigenvalue weighted by Crippen LogP contribution is -2.26. The summed E-state index contributed by atoms with van der Waals surface area (Å²) in [6.07, 6.45) is 2.60. The molecule has 2 aromatic heterocycles. The SMILES string of the molecule is O=c1c2c3c(sc2ncn1CC1COc2ccccc21)CNCC3. The molecule has 122 valence electrons. The van der Waals surface area contributed by atoms with E-state index in [-0.39, 0.29) is 11.5 Å². The fraction of sp³-hybridized carbons (Fsp3) is 0.333. The number of ether oxygens (including phenoxy) is 1. The molecule has 3 aromatic rings. The summed E-state index contributed by atoms with van der Waals surface area (Å²) in [7, 11) is 0. The summed E-state index contributed by atoms with van der Waals surface area (Å²) in [5.41, 5.74) is 2.47. The molecular formula is C18H17N3O2S. The van der Waals surface area contributed by atoms with E-state index in [0.29, 0.717) is 13.2 Å². The van der Waals surface area contributed by atoms with Gasteiger partial charge < -0.3 is 10.1 Å². The first kappa shape index (κ1) is 14.2. The minimum atomic E-state index is 0.0868. The predicted molar refractivity (Wildman–Crippen MR) is 94.0 cm³/mol. The van der Waals surface area contributed by atoms with Crippen molar-refractivity contribution in [1.29, 1.82) is 0 Å². The summed E-state index contributed by atoms with van der Waals surface area (Å²) in [5.74, 6) is 1.14. The van der Waals surface area contributed by atoms with Gasteiger partial charge in [-0.3, -0.25) is 9.36 Å². The first-order valence-corrected chi connectivity index (χ1v) is 9.05. The van der Waals surface area contributed by atoms with E-state index < -0.39 is 0 Å². The molecule has 0 radical (unpaired) electrons. The molecule has 24 heavy (non-hydrogen) atoms. The number of fused-ring (bicyclic) bond motifs is 4. The highest BCUT2D eigenvalue weighted by atomic mass is 32.1. The highest BCUT2D eigenvalue weighted by Crippen LogP contribution is 2.34. The van der Waals surface area contributed by atoms with Crippen LogP contribution in [0.2, 0.25) is 0 Å². The Morgan fingerprint density at radius 2 is 2.29 bits per heavy atom. The summed E-state index contributed by atoms with van der Waals surface area (Å²) >= 11 is 1.64. The Morgan fingerprint density at radius 3 is 3.25 bits per heavy atom. The molecule has 0 bridgehead atoms. The van der Waals surface area contributed by atoms with E-state index in [9.17, 15) is 4.79 Å². The first-order valence-electron chi connectivity index (χ1n) is 8.23. The zero-order valence-corrected chi connectivity index (χ0v) is 13.9. The smallest absolute Gasteiger partial charge is 0.262 e. The largest absolute Gasteiger partial charge is 0.493 e. The Hall–Kier alpha value is -2.18. The molecule has 0 aliphatic carbocycles. The number of benzene rings is 1. The first-order chi connectivity index (χ1) is 11.8. The summed E-state index contributed by atoms with van der Waals surface area (Å²) in [5, 5.41) is 4.19. The number of thiophene rings is 1. The van der Waals surface area contributed by atoms with Crippen molar-refractivity contribution in [2.24, 2.45) is 0 Å². The second-order valence-electron chi connectivity index (χ2n) is 6.36. The van der Waals surface area contributed by atoms with Gasteiger partial charge in [0.15, 0.2) is 0 Å². The lowest BCUT2D eigenvalue weighted by atomic mass is 10.0. The van der Waals surface area contributed by atoms with Crippen LogP contribution in [-0.4, -0.2) is 22.7 Å². The number of para-hydroxylation sites is 1. The van der Waals surface area contributed by atoms with Crippen molar-refractivity contribution < 1.29 is 4.74 Å².